The third-order valence-corrected chi connectivity index (χ3v) is 8.70. The van der Waals surface area contributed by atoms with E-state index in [4.69, 9.17) is 4.98 Å². The van der Waals surface area contributed by atoms with Crippen molar-refractivity contribution in [1.29, 1.82) is 0 Å². The van der Waals surface area contributed by atoms with Crippen molar-refractivity contribution in [3.8, 4) is 0 Å². The van der Waals surface area contributed by atoms with Crippen LogP contribution in [0.4, 0.5) is 0 Å². The Morgan fingerprint density at radius 3 is 2.70 bits per heavy atom. The summed E-state index contributed by atoms with van der Waals surface area (Å²) in [5.41, 5.74) is 1.13. The molecule has 1 aromatic rings. The Bertz CT molecular complexity index is 747. The molecular formula is C19H31N3O3S2. The highest BCUT2D eigenvalue weighted by atomic mass is 32.2. The van der Waals surface area contributed by atoms with Crippen LogP contribution in [-0.4, -0.2) is 60.4 Å². The molecule has 8 heteroatoms. The first-order valence-electron chi connectivity index (χ1n) is 10.2. The second-order valence-electron chi connectivity index (χ2n) is 7.67. The first kappa shape index (κ1) is 20.7. The fourth-order valence-corrected chi connectivity index (χ4v) is 6.71. The number of hydrogen-bond acceptors (Lipinski definition) is 5. The summed E-state index contributed by atoms with van der Waals surface area (Å²) >= 11 is 1.70. The molecule has 0 spiro atoms. The molecule has 0 saturated carbocycles. The molecule has 152 valence electrons. The number of likely N-dealkylation sites (tertiary alicyclic amines) is 1. The minimum absolute atomic E-state index is 0.128. The van der Waals surface area contributed by atoms with Gasteiger partial charge in [0.15, 0.2) is 0 Å². The third kappa shape index (κ3) is 4.90. The van der Waals surface area contributed by atoms with Crippen LogP contribution < -0.4 is 0 Å². The van der Waals surface area contributed by atoms with Gasteiger partial charge in [-0.3, -0.25) is 4.79 Å². The second kappa shape index (κ2) is 9.01. The van der Waals surface area contributed by atoms with Gasteiger partial charge in [-0.25, -0.2) is 17.7 Å². The van der Waals surface area contributed by atoms with Gasteiger partial charge in [-0.05, 0) is 38.5 Å². The molecule has 6 nitrogen and oxygen atoms in total. The number of aromatic nitrogens is 1. The first-order valence-corrected chi connectivity index (χ1v) is 12.6. The predicted molar refractivity (Wildman–Crippen MR) is 108 cm³/mol. The van der Waals surface area contributed by atoms with Crippen LogP contribution in [0.3, 0.4) is 0 Å². The maximum Gasteiger partial charge on any atom is 0.227 e. The second-order valence-corrected chi connectivity index (χ2v) is 10.6. The molecule has 2 aliphatic heterocycles. The van der Waals surface area contributed by atoms with E-state index in [1.54, 1.807) is 15.6 Å². The van der Waals surface area contributed by atoms with Gasteiger partial charge in [-0.1, -0.05) is 13.8 Å². The molecule has 1 aromatic heterocycles. The predicted octanol–water partition coefficient (Wildman–Crippen LogP) is 2.86. The maximum atomic E-state index is 13.1. The first-order chi connectivity index (χ1) is 12.9. The smallest absolute Gasteiger partial charge is 0.227 e. The molecule has 0 N–H and O–H groups in total. The summed E-state index contributed by atoms with van der Waals surface area (Å²) < 4.78 is 26.3. The zero-order valence-corrected chi connectivity index (χ0v) is 18.0. The van der Waals surface area contributed by atoms with Crippen molar-refractivity contribution in [2.45, 2.75) is 58.3 Å². The molecule has 2 fully saturated rings. The normalized spacial score (nSPS) is 24.9. The lowest BCUT2D eigenvalue weighted by Gasteiger charge is -2.37. The van der Waals surface area contributed by atoms with Crippen molar-refractivity contribution in [3.63, 3.8) is 0 Å². The fourth-order valence-electron chi connectivity index (χ4n) is 4.09. The molecule has 27 heavy (non-hydrogen) atoms. The van der Waals surface area contributed by atoms with E-state index in [1.165, 1.54) is 0 Å². The summed E-state index contributed by atoms with van der Waals surface area (Å²) in [5.74, 6) is 0.412. The average Bonchev–Trinajstić information content (AvgIpc) is 3.17. The Hall–Kier alpha value is -0.990. The SMILES string of the molecule is CCCS(=O)(=O)N1CCCC(C(=O)N2CCCC(c3nc(CC)cs3)C2)C1. The van der Waals surface area contributed by atoms with Gasteiger partial charge in [0, 0.05) is 37.5 Å². The monoisotopic (exact) mass is 413 g/mol. The molecule has 3 heterocycles. The summed E-state index contributed by atoms with van der Waals surface area (Å²) in [6.45, 7) is 6.37. The van der Waals surface area contributed by atoms with Gasteiger partial charge >= 0.3 is 0 Å². The molecule has 0 radical (unpaired) electrons. The maximum absolute atomic E-state index is 13.1. The van der Waals surface area contributed by atoms with Gasteiger partial charge in [0.2, 0.25) is 15.9 Å². The molecule has 0 aliphatic carbocycles. The van der Waals surface area contributed by atoms with E-state index in [2.05, 4.69) is 12.3 Å². The van der Waals surface area contributed by atoms with E-state index in [0.29, 0.717) is 32.0 Å². The Balaban J connectivity index is 1.64. The fraction of sp³-hybridized carbons (Fsp3) is 0.789. The van der Waals surface area contributed by atoms with Crippen LogP contribution in [0.25, 0.3) is 0 Å². The standard InChI is InChI=1S/C19H31N3O3S2/c1-3-11-27(24,25)22-10-6-8-16(13-22)19(23)21-9-5-7-15(12-21)18-20-17(4-2)14-26-18/h14-16H,3-13H2,1-2H3. The third-order valence-electron chi connectivity index (χ3n) is 5.60. The zero-order chi connectivity index (χ0) is 19.4. The van der Waals surface area contributed by atoms with E-state index in [9.17, 15) is 13.2 Å². The molecular weight excluding hydrogens is 382 g/mol. The van der Waals surface area contributed by atoms with E-state index in [1.807, 2.05) is 11.8 Å². The van der Waals surface area contributed by atoms with Gasteiger partial charge in [0.05, 0.1) is 22.4 Å². The summed E-state index contributed by atoms with van der Waals surface area (Å²) in [7, 11) is -3.23. The highest BCUT2D eigenvalue weighted by Crippen LogP contribution is 2.31. The highest BCUT2D eigenvalue weighted by molar-refractivity contribution is 7.89. The summed E-state index contributed by atoms with van der Waals surface area (Å²) in [6.07, 6.45) is 5.16. The molecule has 2 saturated heterocycles. The number of thiazole rings is 1. The number of rotatable bonds is 6. The van der Waals surface area contributed by atoms with Crippen LogP contribution in [0.15, 0.2) is 5.38 Å². The van der Waals surface area contributed by atoms with Crippen molar-refractivity contribution in [1.82, 2.24) is 14.2 Å². The number of piperidine rings is 2. The number of carbonyl (C=O) groups excluding carboxylic acids is 1. The molecule has 3 rings (SSSR count). The van der Waals surface area contributed by atoms with Crippen LogP contribution >= 0.6 is 11.3 Å². The Kier molecular flexibility index (Phi) is 6.92. The largest absolute Gasteiger partial charge is 0.342 e. The number of nitrogens with zero attached hydrogens (tertiary/aromatic N) is 3. The molecule has 0 bridgehead atoms. The Morgan fingerprint density at radius 1 is 1.22 bits per heavy atom. The summed E-state index contributed by atoms with van der Waals surface area (Å²) in [6, 6.07) is 0. The summed E-state index contributed by atoms with van der Waals surface area (Å²) in [4.78, 5) is 19.8. The van der Waals surface area contributed by atoms with Crippen LogP contribution in [0.2, 0.25) is 0 Å². The van der Waals surface area contributed by atoms with Gasteiger partial charge < -0.3 is 4.90 Å². The number of amides is 1. The minimum Gasteiger partial charge on any atom is -0.342 e. The van der Waals surface area contributed by atoms with Crippen LogP contribution in [-0.2, 0) is 21.2 Å². The summed E-state index contributed by atoms with van der Waals surface area (Å²) in [5, 5.41) is 3.26. The van der Waals surface area contributed by atoms with E-state index in [-0.39, 0.29) is 17.6 Å². The van der Waals surface area contributed by atoms with Gasteiger partial charge in [-0.2, -0.15) is 0 Å². The van der Waals surface area contributed by atoms with Crippen LogP contribution in [0, 0.1) is 5.92 Å². The highest BCUT2D eigenvalue weighted by Gasteiger charge is 2.35. The Labute approximate surface area is 167 Å². The molecule has 2 unspecified atom stereocenters. The van der Waals surface area contributed by atoms with Crippen molar-refractivity contribution in [2.75, 3.05) is 31.9 Å². The number of sulfonamides is 1. The molecule has 2 atom stereocenters. The Morgan fingerprint density at radius 2 is 2.00 bits per heavy atom. The number of aryl methyl sites for hydroxylation is 1. The average molecular weight is 414 g/mol. The quantitative estimate of drug-likeness (QED) is 0.719. The lowest BCUT2D eigenvalue weighted by atomic mass is 9.94. The van der Waals surface area contributed by atoms with E-state index >= 15 is 0 Å². The van der Waals surface area contributed by atoms with Crippen molar-refractivity contribution in [3.05, 3.63) is 16.1 Å². The van der Waals surface area contributed by atoms with Crippen LogP contribution in [0.1, 0.15) is 62.6 Å². The lowest BCUT2D eigenvalue weighted by Crippen LogP contribution is -2.49. The van der Waals surface area contributed by atoms with E-state index < -0.39 is 10.0 Å². The van der Waals surface area contributed by atoms with Crippen molar-refractivity contribution < 1.29 is 13.2 Å². The molecule has 1 amide bonds. The van der Waals surface area contributed by atoms with Gasteiger partial charge in [0.1, 0.15) is 0 Å². The van der Waals surface area contributed by atoms with Crippen molar-refractivity contribution >= 4 is 27.3 Å². The zero-order valence-electron chi connectivity index (χ0n) is 16.4. The number of carbonyl (C=O) groups is 1. The van der Waals surface area contributed by atoms with E-state index in [0.717, 1.165) is 49.4 Å². The minimum atomic E-state index is -3.23. The van der Waals surface area contributed by atoms with Gasteiger partial charge in [0.25, 0.3) is 0 Å². The molecule has 0 aromatic carbocycles. The topological polar surface area (TPSA) is 70.6 Å². The number of hydrogen-bond donors (Lipinski definition) is 0. The lowest BCUT2D eigenvalue weighted by molar-refractivity contribution is -0.137. The van der Waals surface area contributed by atoms with Gasteiger partial charge in [-0.15, -0.1) is 11.3 Å². The van der Waals surface area contributed by atoms with Crippen molar-refractivity contribution in [2.24, 2.45) is 5.92 Å². The molecule has 2 aliphatic rings. The van der Waals surface area contributed by atoms with Crippen LogP contribution in [0.5, 0.6) is 0 Å².